The van der Waals surface area contributed by atoms with Gasteiger partial charge in [-0.1, -0.05) is 23.4 Å². The molecule has 0 saturated heterocycles. The summed E-state index contributed by atoms with van der Waals surface area (Å²) < 4.78 is 6.22. The minimum atomic E-state index is -0.628. The van der Waals surface area contributed by atoms with E-state index in [1.54, 1.807) is 25.3 Å². The summed E-state index contributed by atoms with van der Waals surface area (Å²) in [6.45, 7) is 1.73. The molecule has 0 spiro atoms. The SMILES string of the molecule is COc1ccc(Cl)c(-n2c(=O)[nH]c3nc(SC)ncc3c2=O)c1C. The highest BCUT2D eigenvalue weighted by Crippen LogP contribution is 2.29. The number of rotatable bonds is 3. The Hall–Kier alpha value is -2.32. The Bertz CT molecular complexity index is 1060. The summed E-state index contributed by atoms with van der Waals surface area (Å²) in [6, 6.07) is 3.25. The molecule has 124 valence electrons. The average molecular weight is 365 g/mol. The van der Waals surface area contributed by atoms with Gasteiger partial charge in [0.1, 0.15) is 11.1 Å². The summed E-state index contributed by atoms with van der Waals surface area (Å²) >= 11 is 7.55. The van der Waals surface area contributed by atoms with Gasteiger partial charge in [-0.2, -0.15) is 0 Å². The normalized spacial score (nSPS) is 11.0. The predicted octanol–water partition coefficient (Wildman–Crippen LogP) is 2.16. The molecule has 1 aromatic carbocycles. The smallest absolute Gasteiger partial charge is 0.334 e. The van der Waals surface area contributed by atoms with Gasteiger partial charge in [-0.3, -0.25) is 9.78 Å². The van der Waals surface area contributed by atoms with E-state index in [0.717, 1.165) is 4.57 Å². The van der Waals surface area contributed by atoms with Crippen LogP contribution in [0.3, 0.4) is 0 Å². The Morgan fingerprint density at radius 1 is 1.33 bits per heavy atom. The van der Waals surface area contributed by atoms with Gasteiger partial charge in [-0.05, 0) is 25.3 Å². The maximum atomic E-state index is 12.8. The Kier molecular flexibility index (Phi) is 4.33. The summed E-state index contributed by atoms with van der Waals surface area (Å²) in [7, 11) is 1.51. The molecule has 0 aliphatic carbocycles. The maximum absolute atomic E-state index is 12.8. The first-order valence-corrected chi connectivity index (χ1v) is 8.47. The van der Waals surface area contributed by atoms with Crippen molar-refractivity contribution < 1.29 is 4.74 Å². The molecular weight excluding hydrogens is 352 g/mol. The number of aromatic amines is 1. The molecule has 0 saturated carbocycles. The third-order valence-corrected chi connectivity index (χ3v) is 4.45. The van der Waals surface area contributed by atoms with Crippen LogP contribution in [0, 0.1) is 6.92 Å². The van der Waals surface area contributed by atoms with E-state index in [9.17, 15) is 9.59 Å². The molecule has 2 heterocycles. The van der Waals surface area contributed by atoms with Crippen molar-refractivity contribution in [3.63, 3.8) is 0 Å². The molecule has 0 unspecified atom stereocenters. The van der Waals surface area contributed by atoms with Gasteiger partial charge >= 0.3 is 5.69 Å². The van der Waals surface area contributed by atoms with Gasteiger partial charge < -0.3 is 4.74 Å². The van der Waals surface area contributed by atoms with Crippen molar-refractivity contribution in [1.29, 1.82) is 0 Å². The van der Waals surface area contributed by atoms with E-state index in [1.165, 1.54) is 25.1 Å². The van der Waals surface area contributed by atoms with Gasteiger partial charge in [-0.25, -0.2) is 19.3 Å². The molecular formula is C15H13ClN4O3S. The van der Waals surface area contributed by atoms with Gasteiger partial charge in [0.15, 0.2) is 10.8 Å². The van der Waals surface area contributed by atoms with E-state index in [1.807, 2.05) is 0 Å². The largest absolute Gasteiger partial charge is 0.496 e. The predicted molar refractivity (Wildman–Crippen MR) is 93.8 cm³/mol. The summed E-state index contributed by atoms with van der Waals surface area (Å²) in [5.74, 6) is 0.523. The molecule has 0 atom stereocenters. The lowest BCUT2D eigenvalue weighted by Crippen LogP contribution is -2.34. The topological polar surface area (TPSA) is 89.9 Å². The fourth-order valence-corrected chi connectivity index (χ4v) is 3.06. The van der Waals surface area contributed by atoms with Gasteiger partial charge in [0.25, 0.3) is 5.56 Å². The molecule has 0 bridgehead atoms. The van der Waals surface area contributed by atoms with Crippen molar-refractivity contribution in [2.24, 2.45) is 0 Å². The second-order valence-corrected chi connectivity index (χ2v) is 6.09. The van der Waals surface area contributed by atoms with Crippen LogP contribution in [0.15, 0.2) is 33.1 Å². The van der Waals surface area contributed by atoms with E-state index in [0.29, 0.717) is 16.5 Å². The molecule has 7 nitrogen and oxygen atoms in total. The van der Waals surface area contributed by atoms with E-state index in [4.69, 9.17) is 16.3 Å². The fourth-order valence-electron chi connectivity index (χ4n) is 2.43. The molecule has 24 heavy (non-hydrogen) atoms. The molecule has 1 N–H and O–H groups in total. The highest BCUT2D eigenvalue weighted by Gasteiger charge is 2.18. The molecule has 0 fully saturated rings. The number of benzene rings is 1. The number of nitrogens with one attached hydrogen (secondary N) is 1. The van der Waals surface area contributed by atoms with Crippen LogP contribution in [0.25, 0.3) is 16.7 Å². The minimum absolute atomic E-state index is 0.192. The van der Waals surface area contributed by atoms with Crippen LogP contribution < -0.4 is 16.0 Å². The number of thioether (sulfide) groups is 1. The van der Waals surface area contributed by atoms with Crippen molar-refractivity contribution >= 4 is 34.4 Å². The first-order chi connectivity index (χ1) is 11.5. The van der Waals surface area contributed by atoms with Crippen LogP contribution >= 0.6 is 23.4 Å². The number of aromatic nitrogens is 4. The van der Waals surface area contributed by atoms with E-state index in [-0.39, 0.29) is 21.7 Å². The molecule has 0 aliphatic rings. The lowest BCUT2D eigenvalue weighted by Gasteiger charge is -2.14. The van der Waals surface area contributed by atoms with Crippen LogP contribution in [0.4, 0.5) is 0 Å². The second kappa shape index (κ2) is 6.29. The number of methoxy groups -OCH3 is 1. The second-order valence-electron chi connectivity index (χ2n) is 4.91. The summed E-state index contributed by atoms with van der Waals surface area (Å²) in [5, 5.41) is 0.929. The third kappa shape index (κ3) is 2.57. The highest BCUT2D eigenvalue weighted by molar-refractivity contribution is 7.98. The van der Waals surface area contributed by atoms with Gasteiger partial charge in [-0.15, -0.1) is 0 Å². The Balaban J connectivity index is 2.41. The summed E-state index contributed by atoms with van der Waals surface area (Å²) in [4.78, 5) is 36.2. The zero-order valence-electron chi connectivity index (χ0n) is 13.1. The molecule has 9 heteroatoms. The van der Waals surface area contributed by atoms with Crippen molar-refractivity contribution in [2.45, 2.75) is 12.1 Å². The minimum Gasteiger partial charge on any atom is -0.496 e. The fraction of sp³-hybridized carbons (Fsp3) is 0.200. The van der Waals surface area contributed by atoms with E-state index >= 15 is 0 Å². The van der Waals surface area contributed by atoms with Gasteiger partial charge in [0.2, 0.25) is 0 Å². The Morgan fingerprint density at radius 3 is 2.75 bits per heavy atom. The lowest BCUT2D eigenvalue weighted by molar-refractivity contribution is 0.411. The van der Waals surface area contributed by atoms with Crippen molar-refractivity contribution in [1.82, 2.24) is 19.5 Å². The summed E-state index contributed by atoms with van der Waals surface area (Å²) in [6.07, 6.45) is 3.20. The van der Waals surface area contributed by atoms with Crippen LogP contribution in [0.5, 0.6) is 5.75 Å². The lowest BCUT2D eigenvalue weighted by atomic mass is 10.1. The van der Waals surface area contributed by atoms with Crippen molar-refractivity contribution in [3.8, 4) is 11.4 Å². The number of nitrogens with zero attached hydrogens (tertiary/aromatic N) is 3. The Labute approximate surface area is 145 Å². The molecule has 2 aromatic heterocycles. The number of fused-ring (bicyclic) bond motifs is 1. The third-order valence-electron chi connectivity index (χ3n) is 3.59. The van der Waals surface area contributed by atoms with Crippen LogP contribution in [0.2, 0.25) is 5.02 Å². The first-order valence-electron chi connectivity index (χ1n) is 6.87. The molecule has 0 radical (unpaired) electrons. The summed E-state index contributed by atoms with van der Waals surface area (Å²) in [5.41, 5.74) is -0.120. The number of ether oxygens (including phenoxy) is 1. The van der Waals surface area contributed by atoms with Gasteiger partial charge in [0, 0.05) is 11.8 Å². The van der Waals surface area contributed by atoms with Crippen molar-refractivity contribution in [3.05, 3.63) is 49.8 Å². The van der Waals surface area contributed by atoms with Crippen LogP contribution in [0.1, 0.15) is 5.56 Å². The number of hydrogen-bond acceptors (Lipinski definition) is 6. The molecule has 0 aliphatic heterocycles. The average Bonchev–Trinajstić information content (AvgIpc) is 2.57. The molecule has 3 aromatic rings. The Morgan fingerprint density at radius 2 is 2.08 bits per heavy atom. The standard InChI is InChI=1S/C15H13ClN4O3S/c1-7-10(23-2)5-4-9(16)11(7)20-13(21)8-6-17-14(24-3)18-12(8)19-15(20)22/h4-6H,1-3H3,(H,17,18,19,22). The molecule has 0 amide bonds. The molecule has 3 rings (SSSR count). The number of halogens is 1. The van der Waals surface area contributed by atoms with Crippen molar-refractivity contribution in [2.75, 3.05) is 13.4 Å². The van der Waals surface area contributed by atoms with Gasteiger partial charge in [0.05, 0.1) is 17.8 Å². The zero-order chi connectivity index (χ0) is 17.4. The number of H-pyrrole nitrogens is 1. The monoisotopic (exact) mass is 364 g/mol. The first kappa shape index (κ1) is 16.5. The van der Waals surface area contributed by atoms with Crippen LogP contribution in [-0.2, 0) is 0 Å². The van der Waals surface area contributed by atoms with E-state index < -0.39 is 11.2 Å². The quantitative estimate of drug-likeness (QED) is 0.565. The highest BCUT2D eigenvalue weighted by atomic mass is 35.5. The maximum Gasteiger partial charge on any atom is 0.334 e. The van der Waals surface area contributed by atoms with Crippen LogP contribution in [-0.4, -0.2) is 32.9 Å². The number of hydrogen-bond donors (Lipinski definition) is 1. The van der Waals surface area contributed by atoms with E-state index in [2.05, 4.69) is 15.0 Å². The zero-order valence-corrected chi connectivity index (χ0v) is 14.7.